The molecular formula is C25H19N5O3. The maximum atomic E-state index is 12.4. The van der Waals surface area contributed by atoms with Gasteiger partial charge in [0.15, 0.2) is 5.65 Å². The highest BCUT2D eigenvalue weighted by atomic mass is 16.5. The minimum absolute atomic E-state index is 0.0343. The van der Waals surface area contributed by atoms with Crippen LogP contribution >= 0.6 is 0 Å². The summed E-state index contributed by atoms with van der Waals surface area (Å²) in [6.45, 7) is 1.60. The number of imidazole rings is 1. The number of carbonyl (C=O) groups excluding carboxylic acids is 2. The molecule has 0 bridgehead atoms. The summed E-state index contributed by atoms with van der Waals surface area (Å²) >= 11 is 0. The normalized spacial score (nSPS) is 11.1. The van der Waals surface area contributed by atoms with Crippen molar-refractivity contribution in [2.45, 2.75) is 6.92 Å². The molecule has 0 radical (unpaired) electrons. The Balaban J connectivity index is 1.73. The SMILES string of the molecule is C/C=C(\C#N)C(=O)Nc1cccn2c(C(N)=O)c(-c3ccc(Oc4ccccc4)cc3)nc12. The van der Waals surface area contributed by atoms with Gasteiger partial charge in [0.1, 0.15) is 34.5 Å². The van der Waals surface area contributed by atoms with Crippen molar-refractivity contribution in [3.05, 3.63) is 90.3 Å². The van der Waals surface area contributed by atoms with Crippen molar-refractivity contribution in [2.24, 2.45) is 5.73 Å². The average Bonchev–Trinajstić information content (AvgIpc) is 3.22. The number of nitrogens with zero attached hydrogens (tertiary/aromatic N) is 3. The topological polar surface area (TPSA) is 123 Å². The molecule has 2 aromatic carbocycles. The molecule has 0 fully saturated rings. The van der Waals surface area contributed by atoms with Crippen LogP contribution in [0.5, 0.6) is 11.5 Å². The zero-order valence-corrected chi connectivity index (χ0v) is 17.6. The maximum absolute atomic E-state index is 12.4. The summed E-state index contributed by atoms with van der Waals surface area (Å²) in [5.74, 6) is 0.0872. The molecule has 4 rings (SSSR count). The number of ether oxygens (including phenoxy) is 1. The van der Waals surface area contributed by atoms with Gasteiger partial charge in [-0.15, -0.1) is 0 Å². The maximum Gasteiger partial charge on any atom is 0.268 e. The number of amides is 2. The van der Waals surface area contributed by atoms with Crippen LogP contribution in [0.4, 0.5) is 5.69 Å². The quantitative estimate of drug-likeness (QED) is 0.344. The van der Waals surface area contributed by atoms with Crippen LogP contribution in [0.1, 0.15) is 17.4 Å². The van der Waals surface area contributed by atoms with Crippen molar-refractivity contribution in [1.82, 2.24) is 9.38 Å². The molecule has 2 heterocycles. The van der Waals surface area contributed by atoms with Gasteiger partial charge in [0, 0.05) is 11.8 Å². The Labute approximate surface area is 189 Å². The van der Waals surface area contributed by atoms with Gasteiger partial charge in [-0.2, -0.15) is 5.26 Å². The first-order valence-electron chi connectivity index (χ1n) is 10.0. The summed E-state index contributed by atoms with van der Waals surface area (Å²) in [5, 5.41) is 11.8. The minimum atomic E-state index is -0.670. The predicted octanol–water partition coefficient (Wildman–Crippen LogP) is 4.30. The van der Waals surface area contributed by atoms with E-state index in [1.54, 1.807) is 49.5 Å². The van der Waals surface area contributed by atoms with Gasteiger partial charge >= 0.3 is 0 Å². The molecular weight excluding hydrogens is 418 g/mol. The number of benzene rings is 2. The van der Waals surface area contributed by atoms with Crippen molar-refractivity contribution in [2.75, 3.05) is 5.32 Å². The van der Waals surface area contributed by atoms with Gasteiger partial charge in [-0.3, -0.25) is 14.0 Å². The number of rotatable bonds is 6. The van der Waals surface area contributed by atoms with Crippen LogP contribution in [0.15, 0.2) is 84.6 Å². The predicted molar refractivity (Wildman–Crippen MR) is 124 cm³/mol. The first kappa shape index (κ1) is 21.3. The van der Waals surface area contributed by atoms with Crippen LogP contribution in [-0.2, 0) is 4.79 Å². The lowest BCUT2D eigenvalue weighted by Crippen LogP contribution is -2.16. The van der Waals surface area contributed by atoms with E-state index in [2.05, 4.69) is 10.3 Å². The van der Waals surface area contributed by atoms with E-state index in [-0.39, 0.29) is 11.3 Å². The number of nitriles is 1. The molecule has 2 amide bonds. The lowest BCUT2D eigenvalue weighted by Gasteiger charge is -2.07. The summed E-state index contributed by atoms with van der Waals surface area (Å²) in [5.41, 5.74) is 7.49. The van der Waals surface area contributed by atoms with E-state index in [0.29, 0.717) is 34.1 Å². The number of primary amides is 1. The standard InChI is InChI=1S/C25H19N5O3/c1-2-16(15-26)25(32)28-20-9-6-14-30-22(23(27)31)21(29-24(20)30)17-10-12-19(13-11-17)33-18-7-4-3-5-8-18/h2-14H,1H3,(H2,27,31)(H,28,32)/b16-2+. The van der Waals surface area contributed by atoms with Crippen molar-refractivity contribution in [3.63, 3.8) is 0 Å². The number of allylic oxidation sites excluding steroid dienone is 1. The molecule has 2 aromatic heterocycles. The molecule has 3 N–H and O–H groups in total. The van der Waals surface area contributed by atoms with E-state index in [0.717, 1.165) is 0 Å². The van der Waals surface area contributed by atoms with Crippen LogP contribution in [-0.4, -0.2) is 21.2 Å². The fourth-order valence-corrected chi connectivity index (χ4v) is 3.34. The molecule has 33 heavy (non-hydrogen) atoms. The number of aromatic nitrogens is 2. The highest BCUT2D eigenvalue weighted by molar-refractivity contribution is 6.08. The Morgan fingerprint density at radius 3 is 2.39 bits per heavy atom. The van der Waals surface area contributed by atoms with Crippen molar-refractivity contribution in [1.29, 1.82) is 5.26 Å². The van der Waals surface area contributed by atoms with Gasteiger partial charge in [-0.25, -0.2) is 4.98 Å². The molecule has 162 valence electrons. The molecule has 4 aromatic rings. The molecule has 0 saturated heterocycles. The number of hydrogen-bond donors (Lipinski definition) is 2. The van der Waals surface area contributed by atoms with E-state index in [1.807, 2.05) is 36.4 Å². The number of nitrogens with one attached hydrogen (secondary N) is 1. The number of nitrogens with two attached hydrogens (primary N) is 1. The molecule has 0 saturated carbocycles. The molecule has 0 unspecified atom stereocenters. The second-order valence-corrected chi connectivity index (χ2v) is 7.00. The third-order valence-electron chi connectivity index (χ3n) is 4.89. The van der Waals surface area contributed by atoms with Crippen LogP contribution in [0.25, 0.3) is 16.9 Å². The minimum Gasteiger partial charge on any atom is -0.457 e. The molecule has 8 nitrogen and oxygen atoms in total. The first-order valence-corrected chi connectivity index (χ1v) is 10.0. The number of carbonyl (C=O) groups is 2. The van der Waals surface area contributed by atoms with Crippen LogP contribution in [0.3, 0.4) is 0 Å². The third-order valence-corrected chi connectivity index (χ3v) is 4.89. The van der Waals surface area contributed by atoms with Crippen molar-refractivity contribution >= 4 is 23.1 Å². The number of para-hydroxylation sites is 1. The van der Waals surface area contributed by atoms with E-state index < -0.39 is 11.8 Å². The van der Waals surface area contributed by atoms with Gasteiger partial charge in [-0.05, 0) is 55.5 Å². The average molecular weight is 437 g/mol. The largest absolute Gasteiger partial charge is 0.457 e. The monoisotopic (exact) mass is 437 g/mol. The summed E-state index contributed by atoms with van der Waals surface area (Å²) in [6, 6.07) is 21.6. The molecule has 0 atom stereocenters. The Morgan fingerprint density at radius 1 is 1.06 bits per heavy atom. The fourth-order valence-electron chi connectivity index (χ4n) is 3.34. The van der Waals surface area contributed by atoms with E-state index >= 15 is 0 Å². The lowest BCUT2D eigenvalue weighted by molar-refractivity contribution is -0.112. The van der Waals surface area contributed by atoms with Crippen LogP contribution < -0.4 is 15.8 Å². The van der Waals surface area contributed by atoms with Crippen molar-refractivity contribution in [3.8, 4) is 28.8 Å². The summed E-state index contributed by atoms with van der Waals surface area (Å²) in [4.78, 5) is 29.3. The molecule has 0 aliphatic heterocycles. The number of hydrogen-bond acceptors (Lipinski definition) is 5. The fraction of sp³-hybridized carbons (Fsp3) is 0.0400. The zero-order chi connectivity index (χ0) is 23.4. The van der Waals surface area contributed by atoms with E-state index in [4.69, 9.17) is 15.7 Å². The first-order chi connectivity index (χ1) is 16.0. The van der Waals surface area contributed by atoms with Gasteiger partial charge < -0.3 is 15.8 Å². The van der Waals surface area contributed by atoms with Crippen molar-refractivity contribution < 1.29 is 14.3 Å². The highest BCUT2D eigenvalue weighted by Crippen LogP contribution is 2.30. The highest BCUT2D eigenvalue weighted by Gasteiger charge is 2.21. The van der Waals surface area contributed by atoms with Crippen LogP contribution in [0.2, 0.25) is 0 Å². The van der Waals surface area contributed by atoms with Gasteiger partial charge in [-0.1, -0.05) is 24.3 Å². The number of pyridine rings is 1. The van der Waals surface area contributed by atoms with E-state index in [1.165, 1.54) is 10.5 Å². The van der Waals surface area contributed by atoms with Gasteiger partial charge in [0.25, 0.3) is 11.8 Å². The lowest BCUT2D eigenvalue weighted by atomic mass is 10.1. The second-order valence-electron chi connectivity index (χ2n) is 7.00. The Bertz CT molecular complexity index is 1410. The van der Waals surface area contributed by atoms with Gasteiger partial charge in [0.05, 0.1) is 5.69 Å². The van der Waals surface area contributed by atoms with E-state index in [9.17, 15) is 9.59 Å². The number of anilines is 1. The zero-order valence-electron chi connectivity index (χ0n) is 17.6. The summed E-state index contributed by atoms with van der Waals surface area (Å²) in [6.07, 6.45) is 3.05. The smallest absolute Gasteiger partial charge is 0.268 e. The molecule has 8 heteroatoms. The Kier molecular flexibility index (Phi) is 5.87. The summed E-state index contributed by atoms with van der Waals surface area (Å²) < 4.78 is 7.33. The van der Waals surface area contributed by atoms with Gasteiger partial charge in [0.2, 0.25) is 0 Å². The number of fused-ring (bicyclic) bond motifs is 1. The van der Waals surface area contributed by atoms with Crippen LogP contribution in [0, 0.1) is 11.3 Å². The second kappa shape index (κ2) is 9.08. The third kappa shape index (κ3) is 4.29. The Hall–Kier alpha value is -4.90. The molecule has 0 aliphatic rings. The molecule has 0 aliphatic carbocycles. The Morgan fingerprint density at radius 2 is 1.76 bits per heavy atom. The summed E-state index contributed by atoms with van der Waals surface area (Å²) in [7, 11) is 0. The molecule has 0 spiro atoms.